The Kier molecular flexibility index (Phi) is 4.81. The van der Waals surface area contributed by atoms with Crippen molar-refractivity contribution in [2.45, 2.75) is 11.3 Å². The lowest BCUT2D eigenvalue weighted by Crippen LogP contribution is -2.20. The van der Waals surface area contributed by atoms with Crippen LogP contribution in [-0.2, 0) is 7.05 Å². The van der Waals surface area contributed by atoms with Crippen LogP contribution in [0, 0.1) is 5.82 Å². The number of ether oxygens (including phenoxy) is 1. The maximum absolute atomic E-state index is 12.7. The minimum Gasteiger partial charge on any atom is -0.491 e. The van der Waals surface area contributed by atoms with E-state index in [1.807, 2.05) is 17.8 Å². The summed E-state index contributed by atoms with van der Waals surface area (Å²) in [5, 5.41) is 10.6. The van der Waals surface area contributed by atoms with Crippen molar-refractivity contribution in [3.8, 4) is 5.75 Å². The maximum Gasteiger partial charge on any atom is 0.167 e. The van der Waals surface area contributed by atoms with E-state index >= 15 is 0 Å². The summed E-state index contributed by atoms with van der Waals surface area (Å²) in [4.78, 5) is 4.15. The van der Waals surface area contributed by atoms with Crippen LogP contribution in [0.2, 0.25) is 0 Å². The highest BCUT2D eigenvalue weighted by Gasteiger charge is 2.08. The van der Waals surface area contributed by atoms with Crippen molar-refractivity contribution < 1.29 is 14.2 Å². The number of rotatable bonds is 6. The Hall–Kier alpha value is -1.53. The van der Waals surface area contributed by atoms with Crippen molar-refractivity contribution in [2.75, 3.05) is 12.4 Å². The molecule has 0 unspecified atom stereocenters. The summed E-state index contributed by atoms with van der Waals surface area (Å²) in [5.41, 5.74) is 0. The molecular weight excluding hydrogens is 267 g/mol. The van der Waals surface area contributed by atoms with Crippen LogP contribution in [-0.4, -0.2) is 33.1 Å². The average molecular weight is 282 g/mol. The topological polar surface area (TPSA) is 47.3 Å². The minimum absolute atomic E-state index is 0.170. The normalized spacial score (nSPS) is 12.4. The van der Waals surface area contributed by atoms with Gasteiger partial charge in [-0.05, 0) is 24.3 Å². The second kappa shape index (κ2) is 6.58. The quantitative estimate of drug-likeness (QED) is 0.824. The number of aliphatic hydroxyl groups is 1. The van der Waals surface area contributed by atoms with Crippen LogP contribution in [0.15, 0.2) is 41.8 Å². The minimum atomic E-state index is -0.605. The molecule has 0 fully saturated rings. The Balaban J connectivity index is 1.74. The molecule has 102 valence electrons. The van der Waals surface area contributed by atoms with Gasteiger partial charge in [-0.15, -0.1) is 0 Å². The van der Waals surface area contributed by atoms with Crippen LogP contribution in [0.5, 0.6) is 5.75 Å². The van der Waals surface area contributed by atoms with Gasteiger partial charge in [0.05, 0.1) is 6.10 Å². The third-order valence-corrected chi connectivity index (χ3v) is 3.64. The van der Waals surface area contributed by atoms with Crippen molar-refractivity contribution in [1.82, 2.24) is 9.55 Å². The van der Waals surface area contributed by atoms with Crippen LogP contribution in [0.3, 0.4) is 0 Å². The molecule has 0 saturated heterocycles. The van der Waals surface area contributed by atoms with Gasteiger partial charge in [0.2, 0.25) is 0 Å². The van der Waals surface area contributed by atoms with E-state index in [-0.39, 0.29) is 12.4 Å². The smallest absolute Gasteiger partial charge is 0.167 e. The zero-order chi connectivity index (χ0) is 13.7. The van der Waals surface area contributed by atoms with Gasteiger partial charge in [0.15, 0.2) is 5.16 Å². The van der Waals surface area contributed by atoms with E-state index in [1.54, 1.807) is 6.20 Å². The summed E-state index contributed by atoms with van der Waals surface area (Å²) in [6.45, 7) is 0.170. The first-order chi connectivity index (χ1) is 9.15. The van der Waals surface area contributed by atoms with Crippen molar-refractivity contribution in [3.05, 3.63) is 42.5 Å². The molecule has 0 radical (unpaired) electrons. The molecule has 19 heavy (non-hydrogen) atoms. The summed E-state index contributed by atoms with van der Waals surface area (Å²) in [6, 6.07) is 5.72. The standard InChI is InChI=1S/C13H15FN2O2S/c1-16-7-6-15-13(16)19-9-11(17)8-18-12-4-2-10(14)3-5-12/h2-7,11,17H,8-9H2,1H3/t11-/m1/s1. The molecule has 1 aromatic carbocycles. The summed E-state index contributed by atoms with van der Waals surface area (Å²) in [6.07, 6.45) is 2.96. The monoisotopic (exact) mass is 282 g/mol. The Morgan fingerprint density at radius 1 is 1.42 bits per heavy atom. The first-order valence-electron chi connectivity index (χ1n) is 5.81. The second-order valence-electron chi connectivity index (χ2n) is 4.05. The molecule has 2 rings (SSSR count). The number of halogens is 1. The summed E-state index contributed by atoms with van der Waals surface area (Å²) < 4.78 is 19.9. The number of imidazole rings is 1. The molecule has 0 bridgehead atoms. The van der Waals surface area contributed by atoms with Gasteiger partial charge in [-0.2, -0.15) is 0 Å². The van der Waals surface area contributed by atoms with Crippen LogP contribution in [0.4, 0.5) is 4.39 Å². The van der Waals surface area contributed by atoms with Crippen LogP contribution >= 0.6 is 11.8 Å². The largest absolute Gasteiger partial charge is 0.491 e. The Morgan fingerprint density at radius 3 is 2.79 bits per heavy atom. The third-order valence-electron chi connectivity index (χ3n) is 2.44. The molecule has 0 aliphatic heterocycles. The van der Waals surface area contributed by atoms with E-state index in [2.05, 4.69) is 4.98 Å². The van der Waals surface area contributed by atoms with E-state index in [0.717, 1.165) is 5.16 Å². The van der Waals surface area contributed by atoms with Gasteiger partial charge < -0.3 is 14.4 Å². The average Bonchev–Trinajstić information content (AvgIpc) is 2.81. The second-order valence-corrected chi connectivity index (χ2v) is 5.04. The van der Waals surface area contributed by atoms with Gasteiger partial charge in [0.1, 0.15) is 18.2 Å². The molecule has 2 aromatic rings. The number of thioether (sulfide) groups is 1. The Bertz CT molecular complexity index is 516. The zero-order valence-electron chi connectivity index (χ0n) is 10.5. The van der Waals surface area contributed by atoms with Gasteiger partial charge in [-0.25, -0.2) is 9.37 Å². The molecule has 1 aromatic heterocycles. The number of hydrogen-bond acceptors (Lipinski definition) is 4. The van der Waals surface area contributed by atoms with E-state index in [4.69, 9.17) is 4.74 Å². The molecule has 0 spiro atoms. The zero-order valence-corrected chi connectivity index (χ0v) is 11.3. The van der Waals surface area contributed by atoms with Crippen LogP contribution in [0.1, 0.15) is 0 Å². The van der Waals surface area contributed by atoms with E-state index in [9.17, 15) is 9.50 Å². The molecule has 1 heterocycles. The molecule has 4 nitrogen and oxygen atoms in total. The van der Waals surface area contributed by atoms with Crippen molar-refractivity contribution >= 4 is 11.8 Å². The number of benzene rings is 1. The first-order valence-corrected chi connectivity index (χ1v) is 6.80. The predicted molar refractivity (Wildman–Crippen MR) is 71.8 cm³/mol. The predicted octanol–water partition coefficient (Wildman–Crippen LogP) is 2.09. The van der Waals surface area contributed by atoms with E-state index in [1.165, 1.54) is 36.0 Å². The molecule has 0 aliphatic rings. The fraction of sp³-hybridized carbons (Fsp3) is 0.308. The highest BCUT2D eigenvalue weighted by Crippen LogP contribution is 2.16. The summed E-state index contributed by atoms with van der Waals surface area (Å²) >= 11 is 1.46. The van der Waals surface area contributed by atoms with Crippen molar-refractivity contribution in [3.63, 3.8) is 0 Å². The maximum atomic E-state index is 12.7. The van der Waals surface area contributed by atoms with Gasteiger partial charge in [-0.1, -0.05) is 11.8 Å². The number of aromatic nitrogens is 2. The summed E-state index contributed by atoms with van der Waals surface area (Å²) in [7, 11) is 1.90. The molecule has 0 aliphatic carbocycles. The highest BCUT2D eigenvalue weighted by molar-refractivity contribution is 7.99. The fourth-order valence-corrected chi connectivity index (χ4v) is 2.27. The first kappa shape index (κ1) is 13.9. The number of aryl methyl sites for hydroxylation is 1. The molecule has 1 N–H and O–H groups in total. The molecule has 0 amide bonds. The lowest BCUT2D eigenvalue weighted by Gasteiger charge is -2.11. The number of aliphatic hydroxyl groups excluding tert-OH is 1. The van der Waals surface area contributed by atoms with E-state index < -0.39 is 6.10 Å². The van der Waals surface area contributed by atoms with Crippen molar-refractivity contribution in [1.29, 1.82) is 0 Å². The van der Waals surface area contributed by atoms with Crippen molar-refractivity contribution in [2.24, 2.45) is 7.05 Å². The highest BCUT2D eigenvalue weighted by atomic mass is 32.2. The van der Waals surface area contributed by atoms with Crippen LogP contribution < -0.4 is 4.74 Å². The SMILES string of the molecule is Cn1ccnc1SC[C@H](O)COc1ccc(F)cc1. The summed E-state index contributed by atoms with van der Waals surface area (Å²) in [5.74, 6) is 0.729. The third kappa shape index (κ3) is 4.25. The van der Waals surface area contributed by atoms with Gasteiger partial charge in [0, 0.05) is 25.2 Å². The number of nitrogens with zero attached hydrogens (tertiary/aromatic N) is 2. The lowest BCUT2D eigenvalue weighted by molar-refractivity contribution is 0.126. The Morgan fingerprint density at radius 2 is 2.16 bits per heavy atom. The molecule has 6 heteroatoms. The molecule has 1 atom stereocenters. The molecular formula is C13H15FN2O2S. The van der Waals surface area contributed by atoms with E-state index in [0.29, 0.717) is 11.5 Å². The van der Waals surface area contributed by atoms with Gasteiger partial charge in [-0.3, -0.25) is 0 Å². The van der Waals surface area contributed by atoms with Crippen LogP contribution in [0.25, 0.3) is 0 Å². The fourth-order valence-electron chi connectivity index (χ4n) is 1.43. The van der Waals surface area contributed by atoms with Gasteiger partial charge in [0.25, 0.3) is 0 Å². The molecule has 0 saturated carbocycles. The lowest BCUT2D eigenvalue weighted by atomic mass is 10.3. The Labute approximate surface area is 115 Å². The van der Waals surface area contributed by atoms with Gasteiger partial charge >= 0.3 is 0 Å². The number of hydrogen-bond donors (Lipinski definition) is 1.